The van der Waals surface area contributed by atoms with Crippen LogP contribution >= 0.6 is 0 Å². The van der Waals surface area contributed by atoms with Crippen LogP contribution in [0.1, 0.15) is 35.1 Å². The predicted octanol–water partition coefficient (Wildman–Crippen LogP) is 4.29. The third-order valence-corrected chi connectivity index (χ3v) is 5.76. The number of halogens is 1. The number of hydrogen-bond acceptors (Lipinski definition) is 6. The zero-order valence-electron chi connectivity index (χ0n) is 18.0. The number of rotatable bonds is 5. The summed E-state index contributed by atoms with van der Waals surface area (Å²) in [5.74, 6) is 1.03. The number of carbonyl (C=O) groups is 1. The highest BCUT2D eigenvalue weighted by molar-refractivity contribution is 5.93. The van der Waals surface area contributed by atoms with Gasteiger partial charge in [-0.3, -0.25) is 9.89 Å². The fourth-order valence-corrected chi connectivity index (χ4v) is 4.00. The van der Waals surface area contributed by atoms with Crippen LogP contribution in [0.2, 0.25) is 0 Å². The van der Waals surface area contributed by atoms with E-state index in [1.54, 1.807) is 30.2 Å². The number of piperidine rings is 1. The first-order valence-corrected chi connectivity index (χ1v) is 10.7. The molecule has 1 amide bonds. The van der Waals surface area contributed by atoms with Crippen molar-refractivity contribution < 1.29 is 18.3 Å². The number of amides is 1. The first-order valence-electron chi connectivity index (χ1n) is 10.7. The van der Waals surface area contributed by atoms with Crippen LogP contribution in [0.25, 0.3) is 22.7 Å². The van der Waals surface area contributed by atoms with Gasteiger partial charge in [0.1, 0.15) is 17.3 Å². The van der Waals surface area contributed by atoms with Crippen molar-refractivity contribution in [2.45, 2.75) is 18.8 Å². The molecule has 2 aromatic carbocycles. The molecule has 0 spiro atoms. The van der Waals surface area contributed by atoms with Gasteiger partial charge in [-0.1, -0.05) is 12.1 Å². The molecule has 0 aliphatic carbocycles. The molecular formula is C24H22FN5O3. The summed E-state index contributed by atoms with van der Waals surface area (Å²) in [5.41, 5.74) is 2.61. The molecule has 1 aliphatic heterocycles. The Hall–Kier alpha value is -4.01. The molecule has 0 radical (unpaired) electrons. The van der Waals surface area contributed by atoms with E-state index >= 15 is 0 Å². The van der Waals surface area contributed by atoms with Crippen molar-refractivity contribution in [3.05, 3.63) is 72.0 Å². The summed E-state index contributed by atoms with van der Waals surface area (Å²) in [6.45, 7) is 1.11. The number of aromatic amines is 1. The van der Waals surface area contributed by atoms with Gasteiger partial charge in [0.05, 0.1) is 18.7 Å². The van der Waals surface area contributed by atoms with Crippen LogP contribution in [0.15, 0.2) is 59.0 Å². The number of hydrogen-bond donors (Lipinski definition) is 1. The molecule has 4 aromatic rings. The van der Waals surface area contributed by atoms with Crippen molar-refractivity contribution in [2.24, 2.45) is 0 Å². The van der Waals surface area contributed by atoms with Gasteiger partial charge < -0.3 is 14.1 Å². The maximum absolute atomic E-state index is 13.2. The third kappa shape index (κ3) is 4.34. The molecule has 8 nitrogen and oxygen atoms in total. The minimum Gasteiger partial charge on any atom is -0.497 e. The van der Waals surface area contributed by atoms with E-state index in [4.69, 9.17) is 9.15 Å². The lowest BCUT2D eigenvalue weighted by atomic mass is 9.97. The number of likely N-dealkylation sites (tertiary alicyclic amines) is 1. The zero-order chi connectivity index (χ0) is 22.8. The second-order valence-electron chi connectivity index (χ2n) is 7.94. The van der Waals surface area contributed by atoms with Crippen molar-refractivity contribution in [1.82, 2.24) is 25.3 Å². The number of nitrogens with zero attached hydrogens (tertiary/aromatic N) is 4. The highest BCUT2D eigenvalue weighted by Gasteiger charge is 2.30. The molecule has 5 rings (SSSR count). The maximum atomic E-state index is 13.2. The van der Waals surface area contributed by atoms with E-state index in [1.807, 2.05) is 24.3 Å². The predicted molar refractivity (Wildman–Crippen MR) is 118 cm³/mol. The number of ether oxygens (including phenoxy) is 1. The van der Waals surface area contributed by atoms with Crippen molar-refractivity contribution in [2.75, 3.05) is 20.2 Å². The molecule has 1 atom stereocenters. The van der Waals surface area contributed by atoms with Crippen LogP contribution in [0.4, 0.5) is 4.39 Å². The van der Waals surface area contributed by atoms with Crippen LogP contribution < -0.4 is 4.74 Å². The summed E-state index contributed by atoms with van der Waals surface area (Å²) in [6, 6.07) is 15.2. The van der Waals surface area contributed by atoms with E-state index < -0.39 is 0 Å². The fourth-order valence-electron chi connectivity index (χ4n) is 4.00. The number of nitrogens with one attached hydrogen (secondary N) is 1. The van der Waals surface area contributed by atoms with Crippen LogP contribution in [0, 0.1) is 5.82 Å². The van der Waals surface area contributed by atoms with Gasteiger partial charge in [-0.15, -0.1) is 10.2 Å². The Balaban J connectivity index is 1.30. The maximum Gasteiger partial charge on any atom is 0.271 e. The van der Waals surface area contributed by atoms with Crippen LogP contribution in [0.5, 0.6) is 5.75 Å². The minimum atomic E-state index is -0.326. The molecule has 168 valence electrons. The van der Waals surface area contributed by atoms with Crippen molar-refractivity contribution in [3.63, 3.8) is 0 Å². The smallest absolute Gasteiger partial charge is 0.271 e. The molecule has 0 bridgehead atoms. The van der Waals surface area contributed by atoms with Crippen molar-refractivity contribution in [3.8, 4) is 28.5 Å². The van der Waals surface area contributed by atoms with Crippen molar-refractivity contribution >= 4 is 5.91 Å². The molecule has 0 saturated carbocycles. The Morgan fingerprint density at radius 2 is 2.00 bits per heavy atom. The molecule has 1 aliphatic rings. The molecule has 1 fully saturated rings. The highest BCUT2D eigenvalue weighted by atomic mass is 19.1. The van der Waals surface area contributed by atoms with E-state index in [9.17, 15) is 9.18 Å². The van der Waals surface area contributed by atoms with Crippen LogP contribution in [0.3, 0.4) is 0 Å². The first-order chi connectivity index (χ1) is 16.1. The summed E-state index contributed by atoms with van der Waals surface area (Å²) < 4.78 is 24.3. The number of methoxy groups -OCH3 is 1. The van der Waals surface area contributed by atoms with Gasteiger partial charge in [0.25, 0.3) is 5.91 Å². The Morgan fingerprint density at radius 1 is 1.15 bits per heavy atom. The molecule has 33 heavy (non-hydrogen) atoms. The van der Waals surface area contributed by atoms with Gasteiger partial charge in [0, 0.05) is 24.2 Å². The third-order valence-electron chi connectivity index (χ3n) is 5.76. The molecule has 3 heterocycles. The van der Waals surface area contributed by atoms with Crippen LogP contribution in [-0.2, 0) is 0 Å². The summed E-state index contributed by atoms with van der Waals surface area (Å²) in [7, 11) is 1.61. The fraction of sp³-hybridized carbons (Fsp3) is 0.250. The summed E-state index contributed by atoms with van der Waals surface area (Å²) in [5, 5.41) is 15.4. The zero-order valence-corrected chi connectivity index (χ0v) is 18.0. The van der Waals surface area contributed by atoms with Gasteiger partial charge in [0.2, 0.25) is 11.8 Å². The topological polar surface area (TPSA) is 97.1 Å². The van der Waals surface area contributed by atoms with E-state index in [1.165, 1.54) is 12.1 Å². The Kier molecular flexibility index (Phi) is 5.60. The van der Waals surface area contributed by atoms with E-state index in [-0.39, 0.29) is 17.6 Å². The van der Waals surface area contributed by atoms with Gasteiger partial charge in [-0.25, -0.2) is 4.39 Å². The second kappa shape index (κ2) is 8.85. The molecule has 1 unspecified atom stereocenters. The number of H-pyrrole nitrogens is 1. The second-order valence-corrected chi connectivity index (χ2v) is 7.94. The minimum absolute atomic E-state index is 0.0647. The monoisotopic (exact) mass is 447 g/mol. The number of benzene rings is 2. The van der Waals surface area contributed by atoms with Crippen LogP contribution in [-0.4, -0.2) is 51.4 Å². The first kappa shape index (κ1) is 20.9. The van der Waals surface area contributed by atoms with Gasteiger partial charge >= 0.3 is 0 Å². The molecular weight excluding hydrogens is 425 g/mol. The van der Waals surface area contributed by atoms with E-state index in [2.05, 4.69) is 20.4 Å². The largest absolute Gasteiger partial charge is 0.497 e. The average molecular weight is 447 g/mol. The van der Waals surface area contributed by atoms with Gasteiger partial charge in [-0.2, -0.15) is 5.10 Å². The quantitative estimate of drug-likeness (QED) is 0.490. The Morgan fingerprint density at radius 3 is 2.82 bits per heavy atom. The number of carbonyl (C=O) groups excluding carboxylic acids is 1. The lowest BCUT2D eigenvalue weighted by molar-refractivity contribution is 0.0692. The van der Waals surface area contributed by atoms with Gasteiger partial charge in [-0.05, 0) is 55.3 Å². The highest BCUT2D eigenvalue weighted by Crippen LogP contribution is 2.30. The lowest BCUT2D eigenvalue weighted by Crippen LogP contribution is -2.39. The molecule has 9 heteroatoms. The number of aromatic nitrogens is 4. The summed E-state index contributed by atoms with van der Waals surface area (Å²) >= 11 is 0. The van der Waals surface area contributed by atoms with Gasteiger partial charge in [0.15, 0.2) is 0 Å². The van der Waals surface area contributed by atoms with E-state index in [0.29, 0.717) is 41.8 Å². The standard InChI is InChI=1S/C24H22FN5O3/c1-32-19-6-2-4-16(12-19)20-13-21(27-26-20)24(31)30-11-3-5-17(14-30)23-29-28-22(33-23)15-7-9-18(25)10-8-15/h2,4,6-10,12-13,17H,3,5,11,14H2,1H3,(H,26,27). The van der Waals surface area contributed by atoms with E-state index in [0.717, 1.165) is 24.2 Å². The summed E-state index contributed by atoms with van der Waals surface area (Å²) in [4.78, 5) is 14.9. The SMILES string of the molecule is COc1cccc(-c2cc(C(=O)N3CCCC(c4nnc(-c5ccc(F)cc5)o4)C3)[nH]n2)c1. The molecule has 1 N–H and O–H groups in total. The normalized spacial score (nSPS) is 16.1. The molecule has 2 aromatic heterocycles. The average Bonchev–Trinajstić information content (AvgIpc) is 3.55. The molecule has 1 saturated heterocycles. The summed E-state index contributed by atoms with van der Waals surface area (Å²) in [6.07, 6.45) is 1.66. The Bertz CT molecular complexity index is 1270. The Labute approximate surface area is 189 Å². The lowest BCUT2D eigenvalue weighted by Gasteiger charge is -2.30. The van der Waals surface area contributed by atoms with Crippen molar-refractivity contribution in [1.29, 1.82) is 0 Å².